The van der Waals surface area contributed by atoms with Crippen LogP contribution in [0.4, 0.5) is 26.9 Å². The van der Waals surface area contributed by atoms with Crippen LogP contribution in [0.1, 0.15) is 44.9 Å². The van der Waals surface area contributed by atoms with Crippen LogP contribution < -0.4 is 20.7 Å². The van der Waals surface area contributed by atoms with E-state index in [-0.39, 0.29) is 11.4 Å². The Bertz CT molecular complexity index is 1850. The number of aryl methyl sites for hydroxylation is 1. The molecule has 1 aliphatic heterocycles. The summed E-state index contributed by atoms with van der Waals surface area (Å²) in [7, 11) is 0. The smallest absolute Gasteiger partial charge is 0.324 e. The van der Waals surface area contributed by atoms with Gasteiger partial charge in [0.25, 0.3) is 0 Å². The number of nitrogens with one attached hydrogen (secondary N) is 3. The number of fused-ring (bicyclic) bond motifs is 1. The van der Waals surface area contributed by atoms with Gasteiger partial charge in [-0.15, -0.1) is 0 Å². The lowest BCUT2D eigenvalue weighted by molar-refractivity contribution is 0.222. The summed E-state index contributed by atoms with van der Waals surface area (Å²) in [5.74, 6) is 2.12. The van der Waals surface area contributed by atoms with Crippen LogP contribution in [0.15, 0.2) is 85.1 Å². The average Bonchev–Trinajstić information content (AvgIpc) is 3.70. The van der Waals surface area contributed by atoms with Crippen molar-refractivity contribution in [3.05, 3.63) is 96.3 Å². The topological polar surface area (TPSA) is 113 Å². The van der Waals surface area contributed by atoms with Gasteiger partial charge in [0.2, 0.25) is 0 Å². The van der Waals surface area contributed by atoms with Gasteiger partial charge in [-0.2, -0.15) is 5.10 Å². The van der Waals surface area contributed by atoms with Gasteiger partial charge in [-0.3, -0.25) is 10.6 Å². The summed E-state index contributed by atoms with van der Waals surface area (Å²) in [4.78, 5) is 32.0. The number of anilines is 3. The number of rotatable bonds is 6. The number of hydrogen-bond acceptors (Lipinski definition) is 5. The fraction of sp³-hybridized carbons (Fsp3) is 0.257. The first-order valence-corrected chi connectivity index (χ1v) is 15.1. The van der Waals surface area contributed by atoms with Crippen molar-refractivity contribution in [2.24, 2.45) is 0 Å². The third-order valence-electron chi connectivity index (χ3n) is 7.72. The van der Waals surface area contributed by atoms with Gasteiger partial charge < -0.3 is 15.0 Å². The Kier molecular flexibility index (Phi) is 8.12. The number of benzene rings is 3. The second-order valence-electron chi connectivity index (χ2n) is 12.3. The van der Waals surface area contributed by atoms with E-state index in [0.29, 0.717) is 28.8 Å². The van der Waals surface area contributed by atoms with E-state index in [2.05, 4.69) is 41.7 Å². The van der Waals surface area contributed by atoms with Crippen LogP contribution in [-0.2, 0) is 5.41 Å². The summed E-state index contributed by atoms with van der Waals surface area (Å²) in [6.07, 6.45) is 3.63. The summed E-state index contributed by atoms with van der Waals surface area (Å²) in [6, 6.07) is 24.1. The molecule has 0 spiro atoms. The lowest BCUT2D eigenvalue weighted by Crippen LogP contribution is -2.32. The quantitative estimate of drug-likeness (QED) is 0.182. The molecular weight excluding hydrogens is 566 g/mol. The third-order valence-corrected chi connectivity index (χ3v) is 7.72. The highest BCUT2D eigenvalue weighted by molar-refractivity contribution is 6.07. The molecule has 3 N–H and O–H groups in total. The fourth-order valence-electron chi connectivity index (χ4n) is 5.24. The maximum Gasteiger partial charge on any atom is 0.324 e. The van der Waals surface area contributed by atoms with E-state index in [1.165, 1.54) is 0 Å². The largest absolute Gasteiger partial charge is 0.457 e. The van der Waals surface area contributed by atoms with Crippen LogP contribution in [0, 0.1) is 6.92 Å². The standard InChI is InChI=1S/C35H37N7O3/c1-23-11-13-24(14-12-23)42-32(22-30(40-42)35(2,3)4)39-33(43)37-28-15-16-29(27-10-6-5-9-26(27)28)45-25-17-18-36-31(21-25)38-34(44)41-19-7-8-20-41/h5-6,9-18,21-22H,7-8,19-20H2,1-4H3,(H,36,38,44)(H2,37,39,43). The Morgan fingerprint density at radius 2 is 1.58 bits per heavy atom. The number of nitrogens with zero attached hydrogens (tertiary/aromatic N) is 4. The number of hydrogen-bond donors (Lipinski definition) is 3. The van der Waals surface area contributed by atoms with E-state index in [4.69, 9.17) is 9.84 Å². The minimum atomic E-state index is -0.393. The molecule has 1 fully saturated rings. The molecule has 1 aliphatic rings. The number of urea groups is 2. The third kappa shape index (κ3) is 6.75. The van der Waals surface area contributed by atoms with Gasteiger partial charge in [0.05, 0.1) is 17.1 Å². The number of aromatic nitrogens is 3. The van der Waals surface area contributed by atoms with E-state index < -0.39 is 6.03 Å². The van der Waals surface area contributed by atoms with Gasteiger partial charge in [-0.05, 0) is 50.1 Å². The molecule has 3 aromatic carbocycles. The zero-order valence-corrected chi connectivity index (χ0v) is 25.9. The first-order chi connectivity index (χ1) is 21.6. The lowest BCUT2D eigenvalue weighted by atomic mass is 9.92. The van der Waals surface area contributed by atoms with Crippen LogP contribution in [0.3, 0.4) is 0 Å². The molecule has 10 heteroatoms. The first-order valence-electron chi connectivity index (χ1n) is 15.1. The predicted molar refractivity (Wildman–Crippen MR) is 178 cm³/mol. The zero-order chi connectivity index (χ0) is 31.6. The highest BCUT2D eigenvalue weighted by Gasteiger charge is 2.22. The maximum atomic E-state index is 13.4. The molecule has 0 saturated carbocycles. The predicted octanol–water partition coefficient (Wildman–Crippen LogP) is 8.09. The Morgan fingerprint density at radius 3 is 2.31 bits per heavy atom. The van der Waals surface area contributed by atoms with Crippen molar-refractivity contribution < 1.29 is 14.3 Å². The zero-order valence-electron chi connectivity index (χ0n) is 25.9. The number of pyridine rings is 1. The molecule has 6 rings (SSSR count). The summed E-state index contributed by atoms with van der Waals surface area (Å²) in [6.45, 7) is 9.80. The highest BCUT2D eigenvalue weighted by atomic mass is 16.5. The SMILES string of the molecule is Cc1ccc(-n2nc(C(C)(C)C)cc2NC(=O)Nc2ccc(Oc3ccnc(NC(=O)N4CCCC4)c3)c3ccccc23)cc1. The van der Waals surface area contributed by atoms with Gasteiger partial charge in [0, 0.05) is 47.6 Å². The van der Waals surface area contributed by atoms with Crippen molar-refractivity contribution in [3.63, 3.8) is 0 Å². The minimum Gasteiger partial charge on any atom is -0.457 e. The van der Waals surface area contributed by atoms with Gasteiger partial charge in [-0.1, -0.05) is 62.7 Å². The van der Waals surface area contributed by atoms with Crippen LogP contribution in [0.2, 0.25) is 0 Å². The lowest BCUT2D eigenvalue weighted by Gasteiger charge is -2.16. The van der Waals surface area contributed by atoms with Gasteiger partial charge in [0.1, 0.15) is 23.1 Å². The Labute approximate surface area is 262 Å². The molecule has 0 radical (unpaired) electrons. The molecule has 5 aromatic rings. The first kappa shape index (κ1) is 29.7. The molecule has 3 heterocycles. The molecule has 0 atom stereocenters. The summed E-state index contributed by atoms with van der Waals surface area (Å²) < 4.78 is 8.01. The number of likely N-dealkylation sites (tertiary alicyclic amines) is 1. The van der Waals surface area contributed by atoms with E-state index in [9.17, 15) is 9.59 Å². The van der Waals surface area contributed by atoms with Crippen LogP contribution in [0.5, 0.6) is 11.5 Å². The van der Waals surface area contributed by atoms with Gasteiger partial charge in [-0.25, -0.2) is 19.3 Å². The molecular formula is C35H37N7O3. The van der Waals surface area contributed by atoms with Crippen molar-refractivity contribution in [1.29, 1.82) is 0 Å². The normalized spacial score (nSPS) is 13.1. The van der Waals surface area contributed by atoms with E-state index >= 15 is 0 Å². The molecule has 2 aromatic heterocycles. The average molecular weight is 604 g/mol. The Morgan fingerprint density at radius 1 is 0.844 bits per heavy atom. The Balaban J connectivity index is 1.21. The Hall–Kier alpha value is -5.38. The minimum absolute atomic E-state index is 0.159. The van der Waals surface area contributed by atoms with Crippen molar-refractivity contribution in [2.45, 2.75) is 46.0 Å². The summed E-state index contributed by atoms with van der Waals surface area (Å²) in [5, 5.41) is 15.3. The van der Waals surface area contributed by atoms with Crippen LogP contribution in [-0.4, -0.2) is 44.8 Å². The van der Waals surface area contributed by atoms with Crippen LogP contribution >= 0.6 is 0 Å². The van der Waals surface area contributed by atoms with Crippen molar-refractivity contribution in [1.82, 2.24) is 19.7 Å². The monoisotopic (exact) mass is 603 g/mol. The van der Waals surface area contributed by atoms with Crippen molar-refractivity contribution in [2.75, 3.05) is 29.0 Å². The second kappa shape index (κ2) is 12.3. The molecule has 10 nitrogen and oxygen atoms in total. The van der Waals surface area contributed by atoms with E-state index in [0.717, 1.165) is 53.6 Å². The number of carbonyl (C=O) groups is 2. The molecule has 1 saturated heterocycles. The molecule has 230 valence electrons. The second-order valence-corrected chi connectivity index (χ2v) is 12.3. The van der Waals surface area contributed by atoms with E-state index in [1.54, 1.807) is 27.9 Å². The van der Waals surface area contributed by atoms with Crippen LogP contribution in [0.25, 0.3) is 16.5 Å². The highest BCUT2D eigenvalue weighted by Crippen LogP contribution is 2.35. The van der Waals surface area contributed by atoms with Crippen molar-refractivity contribution in [3.8, 4) is 17.2 Å². The number of ether oxygens (including phenoxy) is 1. The molecule has 45 heavy (non-hydrogen) atoms. The van der Waals surface area contributed by atoms with E-state index in [1.807, 2.05) is 73.7 Å². The van der Waals surface area contributed by atoms with Gasteiger partial charge in [0.15, 0.2) is 0 Å². The summed E-state index contributed by atoms with van der Waals surface area (Å²) >= 11 is 0. The number of carbonyl (C=O) groups excluding carboxylic acids is 2. The molecule has 4 amide bonds. The maximum absolute atomic E-state index is 13.4. The van der Waals surface area contributed by atoms with Gasteiger partial charge >= 0.3 is 12.1 Å². The molecule has 0 bridgehead atoms. The molecule has 0 unspecified atom stereocenters. The van der Waals surface area contributed by atoms with Crippen molar-refractivity contribution >= 4 is 40.2 Å². The molecule has 0 aliphatic carbocycles. The fourth-order valence-corrected chi connectivity index (χ4v) is 5.24. The summed E-state index contributed by atoms with van der Waals surface area (Å²) in [5.41, 5.74) is 3.28. The number of amides is 4.